The molecule has 1 atom stereocenters. The number of imidazole rings is 1. The van der Waals surface area contributed by atoms with Gasteiger partial charge in [0.2, 0.25) is 0 Å². The SMILES string of the molecule is Cc1nn(C)c(C)c1NC(=O)C(C)OC(=O)c1cn2c(C)cccc2n1. The van der Waals surface area contributed by atoms with E-state index in [2.05, 4.69) is 15.4 Å². The number of nitrogens with one attached hydrogen (secondary N) is 1. The van der Waals surface area contributed by atoms with E-state index < -0.39 is 18.0 Å². The molecule has 3 rings (SSSR count). The van der Waals surface area contributed by atoms with Gasteiger partial charge in [-0.1, -0.05) is 6.07 Å². The fourth-order valence-corrected chi connectivity index (χ4v) is 2.70. The van der Waals surface area contributed by atoms with Crippen LogP contribution >= 0.6 is 0 Å². The fraction of sp³-hybridized carbons (Fsp3) is 0.333. The van der Waals surface area contributed by atoms with Gasteiger partial charge in [-0.2, -0.15) is 5.10 Å². The van der Waals surface area contributed by atoms with Crippen LogP contribution in [-0.2, 0) is 16.6 Å². The van der Waals surface area contributed by atoms with Crippen LogP contribution in [0.4, 0.5) is 5.69 Å². The number of anilines is 1. The summed E-state index contributed by atoms with van der Waals surface area (Å²) in [5.41, 5.74) is 3.91. The highest BCUT2D eigenvalue weighted by Crippen LogP contribution is 2.19. The minimum atomic E-state index is -0.965. The molecule has 8 heteroatoms. The first kappa shape index (κ1) is 17.7. The number of aryl methyl sites for hydroxylation is 3. The van der Waals surface area contributed by atoms with Gasteiger partial charge in [0.15, 0.2) is 11.8 Å². The zero-order valence-electron chi connectivity index (χ0n) is 15.4. The van der Waals surface area contributed by atoms with Crippen molar-refractivity contribution >= 4 is 23.2 Å². The van der Waals surface area contributed by atoms with Crippen molar-refractivity contribution in [2.75, 3.05) is 5.32 Å². The van der Waals surface area contributed by atoms with Crippen molar-refractivity contribution in [2.45, 2.75) is 33.8 Å². The predicted octanol–water partition coefficient (Wildman–Crippen LogP) is 2.18. The summed E-state index contributed by atoms with van der Waals surface area (Å²) >= 11 is 0. The van der Waals surface area contributed by atoms with Crippen molar-refractivity contribution in [1.29, 1.82) is 0 Å². The maximum Gasteiger partial charge on any atom is 0.359 e. The molecular weight excluding hydrogens is 334 g/mol. The maximum absolute atomic E-state index is 12.4. The molecular formula is C18H21N5O3. The third kappa shape index (κ3) is 3.17. The highest BCUT2D eigenvalue weighted by molar-refractivity contribution is 5.97. The molecule has 8 nitrogen and oxygen atoms in total. The Labute approximate surface area is 150 Å². The summed E-state index contributed by atoms with van der Waals surface area (Å²) < 4.78 is 8.75. The standard InChI is InChI=1S/C18H21N5O3/c1-10-7-6-8-15-19-14(9-23(10)15)18(25)26-13(4)17(24)20-16-11(2)21-22(5)12(16)3/h6-9,13H,1-5H3,(H,20,24). The molecule has 0 spiro atoms. The van der Waals surface area contributed by atoms with Crippen molar-refractivity contribution in [2.24, 2.45) is 7.05 Å². The second-order valence-electron chi connectivity index (χ2n) is 6.23. The van der Waals surface area contributed by atoms with E-state index in [0.717, 1.165) is 11.4 Å². The van der Waals surface area contributed by atoms with Gasteiger partial charge in [0.25, 0.3) is 5.91 Å². The van der Waals surface area contributed by atoms with Crippen LogP contribution in [0.2, 0.25) is 0 Å². The number of hydrogen-bond acceptors (Lipinski definition) is 5. The summed E-state index contributed by atoms with van der Waals surface area (Å²) in [5, 5.41) is 7.01. The van der Waals surface area contributed by atoms with Crippen LogP contribution in [0.25, 0.3) is 5.65 Å². The van der Waals surface area contributed by atoms with E-state index >= 15 is 0 Å². The van der Waals surface area contributed by atoms with Gasteiger partial charge in [-0.25, -0.2) is 9.78 Å². The number of ether oxygens (including phenoxy) is 1. The predicted molar refractivity (Wildman–Crippen MR) is 96.1 cm³/mol. The number of carbonyl (C=O) groups is 2. The van der Waals surface area contributed by atoms with Crippen LogP contribution in [0.5, 0.6) is 0 Å². The second-order valence-corrected chi connectivity index (χ2v) is 6.23. The molecule has 0 aliphatic heterocycles. The Morgan fingerprint density at radius 1 is 1.23 bits per heavy atom. The maximum atomic E-state index is 12.4. The Kier molecular flexibility index (Phi) is 4.50. The smallest absolute Gasteiger partial charge is 0.359 e. The number of pyridine rings is 1. The third-order valence-corrected chi connectivity index (χ3v) is 4.32. The molecule has 0 bridgehead atoms. The minimum absolute atomic E-state index is 0.160. The van der Waals surface area contributed by atoms with E-state index in [9.17, 15) is 9.59 Å². The molecule has 0 aliphatic carbocycles. The molecule has 26 heavy (non-hydrogen) atoms. The summed E-state index contributed by atoms with van der Waals surface area (Å²) in [5.74, 6) is -1.06. The highest BCUT2D eigenvalue weighted by atomic mass is 16.5. The van der Waals surface area contributed by atoms with Crippen LogP contribution in [0.15, 0.2) is 24.4 Å². The van der Waals surface area contributed by atoms with Crippen molar-refractivity contribution in [3.05, 3.63) is 47.2 Å². The number of rotatable bonds is 4. The largest absolute Gasteiger partial charge is 0.448 e. The first-order valence-electron chi connectivity index (χ1n) is 8.24. The van der Waals surface area contributed by atoms with E-state index in [1.165, 1.54) is 6.92 Å². The lowest BCUT2D eigenvalue weighted by atomic mass is 10.3. The van der Waals surface area contributed by atoms with E-state index in [-0.39, 0.29) is 5.69 Å². The van der Waals surface area contributed by atoms with Crippen LogP contribution in [0.3, 0.4) is 0 Å². The molecule has 136 valence electrons. The minimum Gasteiger partial charge on any atom is -0.448 e. The van der Waals surface area contributed by atoms with E-state index in [4.69, 9.17) is 4.74 Å². The first-order valence-corrected chi connectivity index (χ1v) is 8.24. The van der Waals surface area contributed by atoms with Gasteiger partial charge in [-0.3, -0.25) is 9.48 Å². The first-order chi connectivity index (χ1) is 12.3. The molecule has 0 radical (unpaired) electrons. The average Bonchev–Trinajstić information content (AvgIpc) is 3.13. The molecule has 1 amide bonds. The van der Waals surface area contributed by atoms with Crippen molar-refractivity contribution < 1.29 is 14.3 Å². The molecule has 0 aromatic carbocycles. The number of fused-ring (bicyclic) bond motifs is 1. The summed E-state index contributed by atoms with van der Waals surface area (Å²) in [4.78, 5) is 28.9. The van der Waals surface area contributed by atoms with Crippen molar-refractivity contribution in [1.82, 2.24) is 19.2 Å². The molecule has 3 aromatic heterocycles. The van der Waals surface area contributed by atoms with Gasteiger partial charge in [0, 0.05) is 18.9 Å². The zero-order valence-corrected chi connectivity index (χ0v) is 15.4. The van der Waals surface area contributed by atoms with Crippen molar-refractivity contribution in [3.63, 3.8) is 0 Å². The zero-order chi connectivity index (χ0) is 19.0. The van der Waals surface area contributed by atoms with Crippen molar-refractivity contribution in [3.8, 4) is 0 Å². The van der Waals surface area contributed by atoms with Gasteiger partial charge in [0.05, 0.1) is 17.1 Å². The second kappa shape index (κ2) is 6.62. The lowest BCUT2D eigenvalue weighted by molar-refractivity contribution is -0.123. The Bertz CT molecular complexity index is 1000. The Morgan fingerprint density at radius 2 is 1.96 bits per heavy atom. The summed E-state index contributed by atoms with van der Waals surface area (Å²) in [6, 6.07) is 5.58. The number of esters is 1. The number of hydrogen-bond donors (Lipinski definition) is 1. The molecule has 1 N–H and O–H groups in total. The Morgan fingerprint density at radius 3 is 2.58 bits per heavy atom. The van der Waals surface area contributed by atoms with Crippen LogP contribution in [-0.4, -0.2) is 37.1 Å². The molecule has 3 heterocycles. The van der Waals surface area contributed by atoms with Gasteiger partial charge in [-0.05, 0) is 39.8 Å². The lowest BCUT2D eigenvalue weighted by Gasteiger charge is -2.13. The summed E-state index contributed by atoms with van der Waals surface area (Å²) in [6.07, 6.45) is 0.639. The van der Waals surface area contributed by atoms with E-state index in [1.54, 1.807) is 35.3 Å². The van der Waals surface area contributed by atoms with Gasteiger partial charge < -0.3 is 14.5 Å². The average molecular weight is 355 g/mol. The number of nitrogens with zero attached hydrogens (tertiary/aromatic N) is 4. The van der Waals surface area contributed by atoms with E-state index in [1.807, 2.05) is 26.0 Å². The molecule has 0 fully saturated rings. The van der Waals surface area contributed by atoms with Crippen LogP contribution < -0.4 is 5.32 Å². The third-order valence-electron chi connectivity index (χ3n) is 4.32. The quantitative estimate of drug-likeness (QED) is 0.725. The fourth-order valence-electron chi connectivity index (χ4n) is 2.70. The number of aromatic nitrogens is 4. The molecule has 1 unspecified atom stereocenters. The van der Waals surface area contributed by atoms with Gasteiger partial charge in [0.1, 0.15) is 5.65 Å². The van der Waals surface area contributed by atoms with Gasteiger partial charge >= 0.3 is 5.97 Å². The molecule has 3 aromatic rings. The van der Waals surface area contributed by atoms with Crippen LogP contribution in [0.1, 0.15) is 34.5 Å². The number of amides is 1. The lowest BCUT2D eigenvalue weighted by Crippen LogP contribution is -2.30. The number of carbonyl (C=O) groups excluding carboxylic acids is 2. The van der Waals surface area contributed by atoms with Crippen LogP contribution in [0, 0.1) is 20.8 Å². The van der Waals surface area contributed by atoms with E-state index in [0.29, 0.717) is 17.0 Å². The summed E-state index contributed by atoms with van der Waals surface area (Å²) in [6.45, 7) is 7.09. The molecule has 0 aliphatic rings. The van der Waals surface area contributed by atoms with Gasteiger partial charge in [-0.15, -0.1) is 0 Å². The summed E-state index contributed by atoms with van der Waals surface area (Å²) in [7, 11) is 1.80. The topological polar surface area (TPSA) is 90.5 Å². The highest BCUT2D eigenvalue weighted by Gasteiger charge is 2.23. The normalized spacial score (nSPS) is 12.2. The molecule has 0 saturated heterocycles. The Hall–Kier alpha value is -3.16. The molecule has 0 saturated carbocycles. The Balaban J connectivity index is 1.71. The monoisotopic (exact) mass is 355 g/mol.